The van der Waals surface area contributed by atoms with E-state index in [2.05, 4.69) is 15.1 Å². The molecule has 0 N–H and O–H groups in total. The second-order valence-corrected chi connectivity index (χ2v) is 7.02. The fourth-order valence-electron chi connectivity index (χ4n) is 2.95. The van der Waals surface area contributed by atoms with Crippen LogP contribution in [0.2, 0.25) is 0 Å². The van der Waals surface area contributed by atoms with Gasteiger partial charge in [-0.2, -0.15) is 4.98 Å². The number of hydrogen-bond acceptors (Lipinski definition) is 8. The molecule has 4 rings (SSSR count). The maximum Gasteiger partial charge on any atom is 0.319 e. The highest BCUT2D eigenvalue weighted by Gasteiger charge is 2.28. The molecule has 1 aliphatic rings. The Kier molecular flexibility index (Phi) is 5.01. The molecule has 0 aromatic carbocycles. The van der Waals surface area contributed by atoms with Gasteiger partial charge in [0, 0.05) is 24.9 Å². The van der Waals surface area contributed by atoms with Gasteiger partial charge in [-0.05, 0) is 24.3 Å². The topological polar surface area (TPSA) is 90.6 Å². The molecule has 1 atom stereocenters. The molecule has 9 heteroatoms. The highest BCUT2D eigenvalue weighted by atomic mass is 32.1. The minimum atomic E-state index is -0.157. The summed E-state index contributed by atoms with van der Waals surface area (Å²) in [6, 6.07) is 7.47. The molecule has 140 valence electrons. The first-order valence-corrected chi connectivity index (χ1v) is 9.44. The van der Waals surface area contributed by atoms with Crippen molar-refractivity contribution in [3.8, 4) is 22.5 Å². The van der Waals surface area contributed by atoms with Gasteiger partial charge in [-0.3, -0.25) is 4.79 Å². The number of likely N-dealkylation sites (tertiary alicyclic amines) is 1. The summed E-state index contributed by atoms with van der Waals surface area (Å²) >= 11 is 1.54. The monoisotopic (exact) mass is 386 g/mol. The zero-order chi connectivity index (χ0) is 18.6. The lowest BCUT2D eigenvalue weighted by Gasteiger charge is -2.32. The number of ether oxygens (including phenoxy) is 2. The predicted molar refractivity (Wildman–Crippen MR) is 98.0 cm³/mol. The third-order valence-corrected chi connectivity index (χ3v) is 5.12. The van der Waals surface area contributed by atoms with Crippen molar-refractivity contribution in [1.29, 1.82) is 0 Å². The normalized spacial score (nSPS) is 16.9. The molecule has 1 unspecified atom stereocenters. The second-order valence-electron chi connectivity index (χ2n) is 6.07. The number of carbonyl (C=O) groups excluding carboxylic acids is 1. The van der Waals surface area contributed by atoms with E-state index in [0.29, 0.717) is 30.4 Å². The lowest BCUT2D eigenvalue weighted by atomic mass is 10.1. The van der Waals surface area contributed by atoms with Crippen LogP contribution in [-0.4, -0.2) is 52.2 Å². The van der Waals surface area contributed by atoms with E-state index in [0.717, 1.165) is 17.7 Å². The number of piperidine rings is 1. The van der Waals surface area contributed by atoms with Crippen LogP contribution >= 0.6 is 11.3 Å². The van der Waals surface area contributed by atoms with Crippen LogP contribution in [0, 0.1) is 0 Å². The Morgan fingerprint density at radius 3 is 3.15 bits per heavy atom. The summed E-state index contributed by atoms with van der Waals surface area (Å²) in [5.74, 6) is 0.879. The van der Waals surface area contributed by atoms with E-state index < -0.39 is 0 Å². The van der Waals surface area contributed by atoms with Gasteiger partial charge in [0.1, 0.15) is 6.10 Å². The summed E-state index contributed by atoms with van der Waals surface area (Å²) in [7, 11) is 1.50. The maximum absolute atomic E-state index is 12.8. The first-order valence-electron chi connectivity index (χ1n) is 8.56. The van der Waals surface area contributed by atoms with Crippen molar-refractivity contribution < 1.29 is 18.8 Å². The Balaban J connectivity index is 1.42. The number of rotatable bonds is 5. The van der Waals surface area contributed by atoms with Gasteiger partial charge in [0.05, 0.1) is 18.5 Å². The lowest BCUT2D eigenvalue weighted by molar-refractivity contribution is 0.0517. The van der Waals surface area contributed by atoms with Gasteiger partial charge >= 0.3 is 6.01 Å². The smallest absolute Gasteiger partial charge is 0.319 e. The third kappa shape index (κ3) is 3.92. The van der Waals surface area contributed by atoms with E-state index in [9.17, 15) is 4.79 Å². The molecule has 0 saturated carbocycles. The van der Waals surface area contributed by atoms with Gasteiger partial charge in [-0.25, -0.2) is 4.98 Å². The number of methoxy groups -OCH3 is 1. The van der Waals surface area contributed by atoms with Crippen LogP contribution in [0.25, 0.3) is 10.6 Å². The standard InChI is InChI=1S/C18H18N4O4S/c1-24-18-19-7-6-16(20-18)25-12-4-2-8-22(11-12)17(23)13-10-14(26-21-13)15-5-3-9-27-15/h3,5-7,9-10,12H,2,4,8,11H2,1H3. The molecule has 0 radical (unpaired) electrons. The van der Waals surface area contributed by atoms with Crippen LogP contribution in [0.1, 0.15) is 23.3 Å². The highest BCUT2D eigenvalue weighted by Crippen LogP contribution is 2.26. The van der Waals surface area contributed by atoms with Crippen molar-refractivity contribution in [3.05, 3.63) is 41.5 Å². The van der Waals surface area contributed by atoms with E-state index in [1.54, 1.807) is 34.6 Å². The Hall–Kier alpha value is -2.94. The average Bonchev–Trinajstić information content (AvgIpc) is 3.39. The summed E-state index contributed by atoms with van der Waals surface area (Å²) in [6.45, 7) is 1.12. The summed E-state index contributed by atoms with van der Waals surface area (Å²) in [5, 5.41) is 5.89. The molecule has 3 aromatic rings. The van der Waals surface area contributed by atoms with Crippen LogP contribution in [0.5, 0.6) is 11.9 Å². The Bertz CT molecular complexity index is 912. The van der Waals surface area contributed by atoms with Gasteiger partial charge in [0.15, 0.2) is 11.5 Å². The van der Waals surface area contributed by atoms with Crippen LogP contribution in [0.4, 0.5) is 0 Å². The fraction of sp³-hybridized carbons (Fsp3) is 0.333. The van der Waals surface area contributed by atoms with Crippen molar-refractivity contribution in [3.63, 3.8) is 0 Å². The van der Waals surface area contributed by atoms with E-state index >= 15 is 0 Å². The molecule has 1 aliphatic heterocycles. The van der Waals surface area contributed by atoms with E-state index in [1.165, 1.54) is 7.11 Å². The minimum Gasteiger partial charge on any atom is -0.472 e. The number of carbonyl (C=O) groups is 1. The first kappa shape index (κ1) is 17.5. The molecule has 27 heavy (non-hydrogen) atoms. The minimum absolute atomic E-state index is 0.147. The quantitative estimate of drug-likeness (QED) is 0.666. The van der Waals surface area contributed by atoms with Gasteiger partial charge in [-0.15, -0.1) is 11.3 Å². The van der Waals surface area contributed by atoms with E-state index in [4.69, 9.17) is 14.0 Å². The molecule has 0 aliphatic carbocycles. The molecule has 1 amide bonds. The molecule has 0 bridgehead atoms. The van der Waals surface area contributed by atoms with Crippen molar-refractivity contribution in [2.45, 2.75) is 18.9 Å². The Morgan fingerprint density at radius 1 is 1.41 bits per heavy atom. The average molecular weight is 386 g/mol. The summed E-state index contributed by atoms with van der Waals surface area (Å²) < 4.78 is 16.2. The number of aromatic nitrogens is 3. The Morgan fingerprint density at radius 2 is 2.33 bits per heavy atom. The predicted octanol–water partition coefficient (Wildman–Crippen LogP) is 2.89. The van der Waals surface area contributed by atoms with Gasteiger partial charge < -0.3 is 18.9 Å². The molecule has 0 spiro atoms. The fourth-order valence-corrected chi connectivity index (χ4v) is 3.62. The zero-order valence-corrected chi connectivity index (χ0v) is 15.5. The van der Waals surface area contributed by atoms with Crippen molar-refractivity contribution in [2.75, 3.05) is 20.2 Å². The SMILES string of the molecule is COc1nccc(OC2CCCN(C(=O)c3cc(-c4cccs4)on3)C2)n1. The third-order valence-electron chi connectivity index (χ3n) is 4.24. The summed E-state index contributed by atoms with van der Waals surface area (Å²) in [5.41, 5.74) is 0.308. The number of amides is 1. The van der Waals surface area contributed by atoms with E-state index in [1.807, 2.05) is 17.5 Å². The van der Waals surface area contributed by atoms with E-state index in [-0.39, 0.29) is 18.0 Å². The molecule has 8 nitrogen and oxygen atoms in total. The number of hydrogen-bond donors (Lipinski definition) is 0. The van der Waals surface area contributed by atoms with Crippen LogP contribution < -0.4 is 9.47 Å². The molecular formula is C18H18N4O4S. The maximum atomic E-state index is 12.8. The zero-order valence-electron chi connectivity index (χ0n) is 14.7. The summed E-state index contributed by atoms with van der Waals surface area (Å²) in [6.07, 6.45) is 3.11. The number of nitrogens with zero attached hydrogens (tertiary/aromatic N) is 4. The van der Waals surface area contributed by atoms with Crippen LogP contribution in [0.15, 0.2) is 40.4 Å². The molecule has 4 heterocycles. The molecular weight excluding hydrogens is 368 g/mol. The lowest BCUT2D eigenvalue weighted by Crippen LogP contribution is -2.44. The highest BCUT2D eigenvalue weighted by molar-refractivity contribution is 7.13. The van der Waals surface area contributed by atoms with Crippen LogP contribution in [0.3, 0.4) is 0 Å². The summed E-state index contributed by atoms with van der Waals surface area (Å²) in [4.78, 5) is 23.6. The van der Waals surface area contributed by atoms with Gasteiger partial charge in [0.25, 0.3) is 5.91 Å². The molecule has 1 saturated heterocycles. The first-order chi connectivity index (χ1) is 13.2. The molecule has 1 fully saturated rings. The van der Waals surface area contributed by atoms with Crippen LogP contribution in [-0.2, 0) is 0 Å². The molecule has 3 aromatic heterocycles. The van der Waals surface area contributed by atoms with Gasteiger partial charge in [-0.1, -0.05) is 11.2 Å². The van der Waals surface area contributed by atoms with Crippen molar-refractivity contribution in [1.82, 2.24) is 20.0 Å². The van der Waals surface area contributed by atoms with Crippen molar-refractivity contribution >= 4 is 17.2 Å². The largest absolute Gasteiger partial charge is 0.472 e. The Labute approximate surface area is 159 Å². The van der Waals surface area contributed by atoms with Crippen molar-refractivity contribution in [2.24, 2.45) is 0 Å². The number of thiophene rings is 1. The second kappa shape index (κ2) is 7.75. The van der Waals surface area contributed by atoms with Gasteiger partial charge in [0.2, 0.25) is 5.88 Å².